The molecule has 0 aliphatic rings. The van der Waals surface area contributed by atoms with Gasteiger partial charge in [-0.15, -0.1) is 0 Å². The van der Waals surface area contributed by atoms with Crippen molar-refractivity contribution in [2.45, 2.75) is 60.4 Å². The summed E-state index contributed by atoms with van der Waals surface area (Å²) in [7, 11) is 0. The monoisotopic (exact) mass is 247 g/mol. The molecule has 1 nitrogen and oxygen atoms in total. The molecule has 0 fully saturated rings. The minimum Gasteiger partial charge on any atom is -0.313 e. The van der Waals surface area contributed by atoms with E-state index < -0.39 is 0 Å². The molecule has 1 aromatic carbocycles. The predicted molar refractivity (Wildman–Crippen MR) is 81.2 cm³/mol. The summed E-state index contributed by atoms with van der Waals surface area (Å²) in [5.74, 6) is 0. The first-order valence-electron chi connectivity index (χ1n) is 7.14. The van der Waals surface area contributed by atoms with Crippen molar-refractivity contribution in [2.75, 3.05) is 6.54 Å². The first-order chi connectivity index (χ1) is 8.34. The second-order valence-electron chi connectivity index (χ2n) is 6.51. The average molecular weight is 247 g/mol. The summed E-state index contributed by atoms with van der Waals surface area (Å²) in [6.07, 6.45) is 2.32. The molecule has 1 N–H and O–H groups in total. The van der Waals surface area contributed by atoms with E-state index in [9.17, 15) is 0 Å². The van der Waals surface area contributed by atoms with Crippen molar-refractivity contribution in [3.8, 4) is 0 Å². The van der Waals surface area contributed by atoms with Crippen LogP contribution in [-0.2, 0) is 6.42 Å². The molecule has 0 spiro atoms. The largest absolute Gasteiger partial charge is 0.313 e. The van der Waals surface area contributed by atoms with Crippen LogP contribution in [0.1, 0.15) is 50.8 Å². The lowest BCUT2D eigenvalue weighted by molar-refractivity contribution is 0.266. The van der Waals surface area contributed by atoms with Crippen LogP contribution in [-0.4, -0.2) is 12.6 Å². The van der Waals surface area contributed by atoms with Gasteiger partial charge in [0.1, 0.15) is 0 Å². The van der Waals surface area contributed by atoms with Crippen molar-refractivity contribution in [2.24, 2.45) is 5.41 Å². The standard InChI is InChI=1S/C17H29N/c1-7-10-18-16(17(4,5)6)12-15-11-13(2)8-9-14(15)3/h8-9,11,16,18H,7,10,12H2,1-6H3. The molecular formula is C17H29N. The molecule has 0 amide bonds. The number of hydrogen-bond donors (Lipinski definition) is 1. The number of aryl methyl sites for hydroxylation is 2. The number of rotatable bonds is 5. The molecule has 0 saturated carbocycles. The van der Waals surface area contributed by atoms with E-state index in [-0.39, 0.29) is 0 Å². The summed E-state index contributed by atoms with van der Waals surface area (Å²) in [6, 6.07) is 7.31. The van der Waals surface area contributed by atoms with Crippen molar-refractivity contribution < 1.29 is 0 Å². The highest BCUT2D eigenvalue weighted by molar-refractivity contribution is 5.31. The van der Waals surface area contributed by atoms with E-state index >= 15 is 0 Å². The van der Waals surface area contributed by atoms with Gasteiger partial charge in [-0.3, -0.25) is 0 Å². The highest BCUT2D eigenvalue weighted by atomic mass is 14.9. The molecule has 0 radical (unpaired) electrons. The van der Waals surface area contributed by atoms with Crippen molar-refractivity contribution in [3.05, 3.63) is 34.9 Å². The summed E-state index contributed by atoms with van der Waals surface area (Å²) in [6.45, 7) is 14.7. The van der Waals surface area contributed by atoms with Gasteiger partial charge in [0.15, 0.2) is 0 Å². The van der Waals surface area contributed by atoms with E-state index in [1.54, 1.807) is 0 Å². The molecule has 0 bridgehead atoms. The fourth-order valence-corrected chi connectivity index (χ4v) is 2.24. The Morgan fingerprint density at radius 1 is 1.17 bits per heavy atom. The fourth-order valence-electron chi connectivity index (χ4n) is 2.24. The molecule has 0 heterocycles. The third kappa shape index (κ3) is 4.45. The molecule has 1 rings (SSSR count). The molecule has 1 heteroatoms. The summed E-state index contributed by atoms with van der Waals surface area (Å²) < 4.78 is 0. The second-order valence-corrected chi connectivity index (χ2v) is 6.51. The molecule has 0 aliphatic heterocycles. The Hall–Kier alpha value is -0.820. The molecular weight excluding hydrogens is 218 g/mol. The summed E-state index contributed by atoms with van der Waals surface area (Å²) >= 11 is 0. The molecule has 1 aromatic rings. The van der Waals surface area contributed by atoms with Crippen LogP contribution in [0.3, 0.4) is 0 Å². The fraction of sp³-hybridized carbons (Fsp3) is 0.647. The Kier molecular flexibility index (Phi) is 5.40. The molecule has 102 valence electrons. The van der Waals surface area contributed by atoms with Crippen LogP contribution < -0.4 is 5.32 Å². The zero-order chi connectivity index (χ0) is 13.8. The third-order valence-corrected chi connectivity index (χ3v) is 3.61. The van der Waals surface area contributed by atoms with Crippen LogP contribution in [0.4, 0.5) is 0 Å². The van der Waals surface area contributed by atoms with Gasteiger partial charge in [-0.2, -0.15) is 0 Å². The SMILES string of the molecule is CCCNC(Cc1cc(C)ccc1C)C(C)(C)C. The van der Waals surface area contributed by atoms with Crippen LogP contribution in [0, 0.1) is 19.3 Å². The van der Waals surface area contributed by atoms with E-state index in [2.05, 4.69) is 65.1 Å². The van der Waals surface area contributed by atoms with E-state index in [1.165, 1.54) is 23.1 Å². The van der Waals surface area contributed by atoms with Gasteiger partial charge in [0, 0.05) is 6.04 Å². The Bertz CT molecular complexity index is 374. The number of benzene rings is 1. The minimum absolute atomic E-state index is 0.297. The van der Waals surface area contributed by atoms with Gasteiger partial charge in [0.25, 0.3) is 0 Å². The molecule has 1 unspecified atom stereocenters. The van der Waals surface area contributed by atoms with Gasteiger partial charge in [-0.25, -0.2) is 0 Å². The molecule has 18 heavy (non-hydrogen) atoms. The van der Waals surface area contributed by atoms with Gasteiger partial charge in [-0.05, 0) is 49.8 Å². The first-order valence-corrected chi connectivity index (χ1v) is 7.14. The van der Waals surface area contributed by atoms with Crippen molar-refractivity contribution in [1.82, 2.24) is 5.32 Å². The topological polar surface area (TPSA) is 12.0 Å². The summed E-state index contributed by atoms with van der Waals surface area (Å²) in [4.78, 5) is 0. The van der Waals surface area contributed by atoms with Crippen LogP contribution in [0.5, 0.6) is 0 Å². The second kappa shape index (κ2) is 6.38. The van der Waals surface area contributed by atoms with Gasteiger partial charge >= 0.3 is 0 Å². The van der Waals surface area contributed by atoms with Crippen LogP contribution in [0.15, 0.2) is 18.2 Å². The maximum absolute atomic E-state index is 3.70. The Balaban J connectivity index is 2.85. The molecule has 1 atom stereocenters. The Labute approximate surface area is 113 Å². The zero-order valence-electron chi connectivity index (χ0n) is 12.9. The van der Waals surface area contributed by atoms with Crippen LogP contribution in [0.25, 0.3) is 0 Å². The molecule has 0 aromatic heterocycles. The smallest absolute Gasteiger partial charge is 0.0156 e. The number of nitrogens with one attached hydrogen (secondary N) is 1. The number of hydrogen-bond acceptors (Lipinski definition) is 1. The van der Waals surface area contributed by atoms with Gasteiger partial charge in [-0.1, -0.05) is 51.5 Å². The Morgan fingerprint density at radius 3 is 2.39 bits per heavy atom. The van der Waals surface area contributed by atoms with E-state index in [1.807, 2.05) is 0 Å². The predicted octanol–water partition coefficient (Wildman–Crippen LogP) is 4.26. The van der Waals surface area contributed by atoms with Crippen LogP contribution >= 0.6 is 0 Å². The van der Waals surface area contributed by atoms with Crippen molar-refractivity contribution >= 4 is 0 Å². The van der Waals surface area contributed by atoms with E-state index in [4.69, 9.17) is 0 Å². The highest BCUT2D eigenvalue weighted by Crippen LogP contribution is 2.24. The van der Waals surface area contributed by atoms with E-state index in [0.29, 0.717) is 11.5 Å². The summed E-state index contributed by atoms with van der Waals surface area (Å²) in [5.41, 5.74) is 4.55. The quantitative estimate of drug-likeness (QED) is 0.819. The lowest BCUT2D eigenvalue weighted by atomic mass is 9.82. The van der Waals surface area contributed by atoms with Crippen LogP contribution in [0.2, 0.25) is 0 Å². The molecule has 0 aliphatic carbocycles. The zero-order valence-corrected chi connectivity index (χ0v) is 12.9. The first kappa shape index (κ1) is 15.2. The average Bonchev–Trinajstić information content (AvgIpc) is 2.27. The van der Waals surface area contributed by atoms with Gasteiger partial charge in [0.2, 0.25) is 0 Å². The summed E-state index contributed by atoms with van der Waals surface area (Å²) in [5, 5.41) is 3.70. The van der Waals surface area contributed by atoms with Gasteiger partial charge in [0.05, 0.1) is 0 Å². The Morgan fingerprint density at radius 2 is 1.83 bits per heavy atom. The lowest BCUT2D eigenvalue weighted by Crippen LogP contribution is -2.42. The maximum Gasteiger partial charge on any atom is 0.0156 e. The van der Waals surface area contributed by atoms with Gasteiger partial charge < -0.3 is 5.32 Å². The van der Waals surface area contributed by atoms with Crippen molar-refractivity contribution in [3.63, 3.8) is 0 Å². The normalized spacial score (nSPS) is 13.7. The highest BCUT2D eigenvalue weighted by Gasteiger charge is 2.24. The maximum atomic E-state index is 3.70. The van der Waals surface area contributed by atoms with E-state index in [0.717, 1.165) is 13.0 Å². The van der Waals surface area contributed by atoms with Crippen molar-refractivity contribution in [1.29, 1.82) is 0 Å². The minimum atomic E-state index is 0.297. The third-order valence-electron chi connectivity index (χ3n) is 3.61. The lowest BCUT2D eigenvalue weighted by Gasteiger charge is -2.32. The molecule has 0 saturated heterocycles.